The van der Waals surface area contributed by atoms with Crippen LogP contribution >= 0.6 is 31.9 Å². The number of nitrogens with zero attached hydrogens (tertiary/aromatic N) is 1. The van der Waals surface area contributed by atoms with Crippen molar-refractivity contribution in [1.82, 2.24) is 4.98 Å². The molecule has 0 aliphatic heterocycles. The third kappa shape index (κ3) is 2.87. The lowest BCUT2D eigenvalue weighted by Gasteiger charge is -2.13. The van der Waals surface area contributed by atoms with E-state index in [1.165, 1.54) is 0 Å². The summed E-state index contributed by atoms with van der Waals surface area (Å²) in [5, 5.41) is 0. The largest absolute Gasteiger partial charge is 0.419 e. The van der Waals surface area contributed by atoms with Gasteiger partial charge in [0.2, 0.25) is 0 Å². The number of halogens is 7. The van der Waals surface area contributed by atoms with Crippen LogP contribution < -0.4 is 0 Å². The fourth-order valence-corrected chi connectivity index (χ4v) is 2.31. The minimum atomic E-state index is -4.86. The second-order valence-electron chi connectivity index (χ2n) is 2.49. The summed E-state index contributed by atoms with van der Waals surface area (Å²) in [6.45, 7) is 0. The Kier molecular flexibility index (Phi) is 3.70. The van der Waals surface area contributed by atoms with Crippen molar-refractivity contribution in [2.75, 3.05) is 0 Å². The molecule has 15 heavy (non-hydrogen) atoms. The molecule has 84 valence electrons. The number of hydrogen-bond donors (Lipinski definition) is 0. The van der Waals surface area contributed by atoms with Crippen LogP contribution in [0.3, 0.4) is 0 Å². The lowest BCUT2D eigenvalue weighted by Crippen LogP contribution is -2.12. The SMILES string of the molecule is FC(F)c1nc(Br)cc(Br)c1C(F)(F)F. The molecule has 0 fully saturated rings. The van der Waals surface area contributed by atoms with Gasteiger partial charge in [-0.05, 0) is 22.0 Å². The maximum atomic E-state index is 12.4. The Morgan fingerprint density at radius 1 is 1.20 bits per heavy atom. The number of alkyl halides is 5. The van der Waals surface area contributed by atoms with Crippen molar-refractivity contribution in [2.24, 2.45) is 0 Å². The van der Waals surface area contributed by atoms with Gasteiger partial charge >= 0.3 is 6.18 Å². The Hall–Kier alpha value is -0.240. The molecule has 0 saturated heterocycles. The minimum Gasteiger partial charge on any atom is -0.239 e. The molecule has 0 bridgehead atoms. The van der Waals surface area contributed by atoms with Gasteiger partial charge < -0.3 is 0 Å². The van der Waals surface area contributed by atoms with Crippen LogP contribution in [-0.2, 0) is 6.18 Å². The van der Waals surface area contributed by atoms with E-state index in [0.717, 1.165) is 6.07 Å². The molecule has 0 amide bonds. The number of hydrogen-bond acceptors (Lipinski definition) is 1. The first-order valence-corrected chi connectivity index (χ1v) is 5.03. The summed E-state index contributed by atoms with van der Waals surface area (Å²) in [6, 6.07) is 0.967. The first-order chi connectivity index (χ1) is 6.73. The highest BCUT2D eigenvalue weighted by molar-refractivity contribution is 9.11. The topological polar surface area (TPSA) is 12.9 Å². The van der Waals surface area contributed by atoms with E-state index in [9.17, 15) is 22.0 Å². The van der Waals surface area contributed by atoms with E-state index in [1.54, 1.807) is 0 Å². The van der Waals surface area contributed by atoms with Gasteiger partial charge in [0.15, 0.2) is 0 Å². The van der Waals surface area contributed by atoms with Gasteiger partial charge in [0, 0.05) is 4.47 Å². The van der Waals surface area contributed by atoms with Gasteiger partial charge in [0.25, 0.3) is 6.43 Å². The number of aromatic nitrogens is 1. The zero-order chi connectivity index (χ0) is 11.8. The normalized spacial score (nSPS) is 12.3. The van der Waals surface area contributed by atoms with Gasteiger partial charge in [0.05, 0.1) is 5.56 Å². The van der Waals surface area contributed by atoms with Crippen molar-refractivity contribution in [1.29, 1.82) is 0 Å². The highest BCUT2D eigenvalue weighted by Gasteiger charge is 2.39. The van der Waals surface area contributed by atoms with Crippen LogP contribution in [-0.4, -0.2) is 4.98 Å². The van der Waals surface area contributed by atoms with E-state index in [4.69, 9.17) is 0 Å². The Morgan fingerprint density at radius 3 is 2.13 bits per heavy atom. The number of pyridine rings is 1. The van der Waals surface area contributed by atoms with Gasteiger partial charge in [-0.25, -0.2) is 13.8 Å². The molecule has 0 saturated carbocycles. The molecule has 0 N–H and O–H groups in total. The lowest BCUT2D eigenvalue weighted by atomic mass is 10.2. The quantitative estimate of drug-likeness (QED) is 0.532. The van der Waals surface area contributed by atoms with Crippen LogP contribution in [0.1, 0.15) is 17.7 Å². The van der Waals surface area contributed by atoms with E-state index >= 15 is 0 Å². The molecular formula is C7H2Br2F5N. The summed E-state index contributed by atoms with van der Waals surface area (Å²) in [5.74, 6) is 0. The molecular weight excluding hydrogens is 353 g/mol. The van der Waals surface area contributed by atoms with Gasteiger partial charge in [-0.2, -0.15) is 13.2 Å². The average molecular weight is 355 g/mol. The molecule has 0 aliphatic carbocycles. The summed E-state index contributed by atoms with van der Waals surface area (Å²) >= 11 is 5.32. The molecule has 8 heteroatoms. The fraction of sp³-hybridized carbons (Fsp3) is 0.286. The van der Waals surface area contributed by atoms with Crippen LogP contribution in [0.2, 0.25) is 0 Å². The molecule has 1 nitrogen and oxygen atoms in total. The van der Waals surface area contributed by atoms with Crippen molar-refractivity contribution in [3.63, 3.8) is 0 Å². The van der Waals surface area contributed by atoms with Crippen LogP contribution in [0.25, 0.3) is 0 Å². The van der Waals surface area contributed by atoms with Crippen molar-refractivity contribution in [3.8, 4) is 0 Å². The van der Waals surface area contributed by atoms with E-state index < -0.39 is 28.3 Å². The average Bonchev–Trinajstić information content (AvgIpc) is 1.99. The summed E-state index contributed by atoms with van der Waals surface area (Å²) in [5.41, 5.74) is -2.73. The van der Waals surface area contributed by atoms with E-state index in [2.05, 4.69) is 36.8 Å². The minimum absolute atomic E-state index is 0.0855. The zero-order valence-electron chi connectivity index (χ0n) is 6.75. The first-order valence-electron chi connectivity index (χ1n) is 3.44. The fourth-order valence-electron chi connectivity index (χ4n) is 0.941. The van der Waals surface area contributed by atoms with E-state index in [1.807, 2.05) is 0 Å². The highest BCUT2D eigenvalue weighted by atomic mass is 79.9. The van der Waals surface area contributed by atoms with Gasteiger partial charge in [0.1, 0.15) is 10.3 Å². The smallest absolute Gasteiger partial charge is 0.239 e. The summed E-state index contributed by atoms with van der Waals surface area (Å²) in [7, 11) is 0. The van der Waals surface area contributed by atoms with Gasteiger partial charge in [-0.15, -0.1) is 0 Å². The zero-order valence-corrected chi connectivity index (χ0v) is 9.92. The van der Waals surface area contributed by atoms with Crippen molar-refractivity contribution in [3.05, 3.63) is 26.4 Å². The lowest BCUT2D eigenvalue weighted by molar-refractivity contribution is -0.140. The molecule has 1 rings (SSSR count). The van der Waals surface area contributed by atoms with Crippen molar-refractivity contribution in [2.45, 2.75) is 12.6 Å². The summed E-state index contributed by atoms with van der Waals surface area (Å²) < 4.78 is 61.2. The second-order valence-corrected chi connectivity index (χ2v) is 4.15. The van der Waals surface area contributed by atoms with E-state index in [-0.39, 0.29) is 4.60 Å². The first kappa shape index (κ1) is 12.8. The monoisotopic (exact) mass is 353 g/mol. The Labute approximate surface area is 97.9 Å². The highest BCUT2D eigenvalue weighted by Crippen LogP contribution is 2.40. The molecule has 0 radical (unpaired) electrons. The Bertz CT molecular complexity index is 376. The molecule has 0 aromatic carbocycles. The summed E-state index contributed by atoms with van der Waals surface area (Å²) in [4.78, 5) is 3.12. The van der Waals surface area contributed by atoms with Gasteiger partial charge in [-0.1, -0.05) is 15.9 Å². The van der Waals surface area contributed by atoms with E-state index in [0.29, 0.717) is 0 Å². The standard InChI is InChI=1S/C7H2Br2F5N/c8-2-1-3(9)15-5(6(10)11)4(2)7(12,13)14/h1,6H. The molecule has 1 aromatic rings. The second kappa shape index (κ2) is 4.32. The van der Waals surface area contributed by atoms with Crippen LogP contribution in [0, 0.1) is 0 Å². The molecule has 1 heterocycles. The van der Waals surface area contributed by atoms with Crippen LogP contribution in [0.4, 0.5) is 22.0 Å². The maximum Gasteiger partial charge on any atom is 0.419 e. The van der Waals surface area contributed by atoms with Gasteiger partial charge in [-0.3, -0.25) is 0 Å². The molecule has 0 aliphatic rings. The molecule has 0 atom stereocenters. The Morgan fingerprint density at radius 2 is 1.73 bits per heavy atom. The Balaban J connectivity index is 3.48. The van der Waals surface area contributed by atoms with Crippen molar-refractivity contribution < 1.29 is 22.0 Å². The predicted octanol–water partition coefficient (Wildman–Crippen LogP) is 4.56. The molecule has 0 spiro atoms. The predicted molar refractivity (Wildman–Crippen MR) is 49.6 cm³/mol. The van der Waals surface area contributed by atoms with Crippen molar-refractivity contribution >= 4 is 31.9 Å². The molecule has 0 unspecified atom stereocenters. The number of rotatable bonds is 1. The summed E-state index contributed by atoms with van der Waals surface area (Å²) in [6.07, 6.45) is -8.14. The van der Waals surface area contributed by atoms with Crippen LogP contribution in [0.15, 0.2) is 15.1 Å². The maximum absolute atomic E-state index is 12.4. The molecule has 1 aromatic heterocycles. The third-order valence-electron chi connectivity index (χ3n) is 1.46. The third-order valence-corrected chi connectivity index (χ3v) is 2.49. The van der Waals surface area contributed by atoms with Crippen LogP contribution in [0.5, 0.6) is 0 Å².